The zero-order valence-electron chi connectivity index (χ0n) is 4.07. The monoisotopic (exact) mass is 385 g/mol. The maximum atomic E-state index is 7.76. The Morgan fingerprint density at radius 1 is 1.50 bits per heavy atom. The molecule has 0 rings (SSSR count). The van der Waals surface area contributed by atoms with E-state index in [0.29, 0.717) is 0 Å². The minimum absolute atomic E-state index is 0.0833. The van der Waals surface area contributed by atoms with Crippen LogP contribution in [0.5, 0.6) is 0 Å². The molecule has 0 spiro atoms. The van der Waals surface area contributed by atoms with Crippen molar-refractivity contribution in [3.05, 3.63) is 12.7 Å². The van der Waals surface area contributed by atoms with E-state index in [1.165, 1.54) is 6.08 Å². The fourth-order valence-corrected chi connectivity index (χ4v) is 0. The zero-order valence-corrected chi connectivity index (χ0v) is 11.3. The summed E-state index contributed by atoms with van der Waals surface area (Å²) >= 11 is 8.80. The number of hydrogen-bond acceptors (Lipinski definition) is 1. The van der Waals surface area contributed by atoms with Crippen LogP contribution in [0.15, 0.2) is 12.7 Å². The van der Waals surface area contributed by atoms with Crippen molar-refractivity contribution in [1.29, 1.82) is 0 Å². The standard InChI is InChI=1S/C3H6O.3BrH.Zr/c1-2-3-4;;;;/h2,4H,1,3H2;3*1H;/q;;;;+3/p-3. The van der Waals surface area contributed by atoms with Crippen LogP contribution in [-0.4, -0.2) is 11.7 Å². The van der Waals surface area contributed by atoms with Crippen LogP contribution in [-0.2, 0) is 14.7 Å². The summed E-state index contributed by atoms with van der Waals surface area (Å²) in [5.41, 5.74) is 0. The van der Waals surface area contributed by atoms with Crippen molar-refractivity contribution in [2.24, 2.45) is 0 Å². The molecule has 0 saturated carbocycles. The molecular formula is C3H6Br3OZr. The molecule has 1 nitrogen and oxygen atoms in total. The van der Waals surface area contributed by atoms with Crippen molar-refractivity contribution in [2.75, 3.05) is 6.61 Å². The second-order valence-corrected chi connectivity index (χ2v) is 34.7. The van der Waals surface area contributed by atoms with Crippen LogP contribution >= 0.6 is 36.7 Å². The minimum atomic E-state index is -1.11. The third-order valence-corrected chi connectivity index (χ3v) is 0.129. The van der Waals surface area contributed by atoms with Gasteiger partial charge in [-0.15, -0.1) is 6.58 Å². The summed E-state index contributed by atoms with van der Waals surface area (Å²) in [6.07, 6.45) is 1.43. The van der Waals surface area contributed by atoms with Gasteiger partial charge in [0.25, 0.3) is 0 Å². The Labute approximate surface area is 74.6 Å². The van der Waals surface area contributed by atoms with E-state index in [9.17, 15) is 0 Å². The predicted molar refractivity (Wildman–Crippen MR) is 44.1 cm³/mol. The number of aliphatic hydroxyl groups excluding tert-OH is 1. The van der Waals surface area contributed by atoms with E-state index in [4.69, 9.17) is 5.11 Å². The molecule has 0 radical (unpaired) electrons. The van der Waals surface area contributed by atoms with Crippen LogP contribution in [0.2, 0.25) is 0 Å². The van der Waals surface area contributed by atoms with Crippen molar-refractivity contribution in [3.63, 3.8) is 0 Å². The third-order valence-electron chi connectivity index (χ3n) is 0.129. The Hall–Kier alpha value is 2.02. The molecule has 0 aromatic rings. The van der Waals surface area contributed by atoms with Crippen LogP contribution in [0, 0.1) is 0 Å². The summed E-state index contributed by atoms with van der Waals surface area (Å²) in [6, 6.07) is 0. The number of halogens is 3. The van der Waals surface area contributed by atoms with Crippen LogP contribution in [0.25, 0.3) is 0 Å². The topological polar surface area (TPSA) is 20.2 Å². The number of hydrogen-bond donors (Lipinski definition) is 1. The van der Waals surface area contributed by atoms with Gasteiger partial charge in [0, 0.05) is 0 Å². The first kappa shape index (κ1) is 12.7. The van der Waals surface area contributed by atoms with Gasteiger partial charge in [-0.05, 0) is 0 Å². The van der Waals surface area contributed by atoms with E-state index in [1.807, 2.05) is 0 Å². The predicted octanol–water partition coefficient (Wildman–Crippen LogP) is 2.70. The molecule has 0 aromatic carbocycles. The van der Waals surface area contributed by atoms with Crippen LogP contribution in [0.4, 0.5) is 0 Å². The van der Waals surface area contributed by atoms with Gasteiger partial charge < -0.3 is 5.11 Å². The van der Waals surface area contributed by atoms with E-state index in [0.717, 1.165) is 0 Å². The van der Waals surface area contributed by atoms with Crippen molar-refractivity contribution >= 4 is 36.7 Å². The molecule has 0 saturated heterocycles. The summed E-state index contributed by atoms with van der Waals surface area (Å²) in [5, 5.41) is 7.76. The van der Waals surface area contributed by atoms with Crippen molar-refractivity contribution < 1.29 is 19.8 Å². The van der Waals surface area contributed by atoms with Gasteiger partial charge in [0.2, 0.25) is 0 Å². The Morgan fingerprint density at radius 2 is 1.62 bits per heavy atom. The zero-order chi connectivity index (χ0) is 6.99. The Bertz CT molecular complexity index is 47.0. The molecule has 0 aliphatic rings. The third kappa shape index (κ3) is 43.3. The summed E-state index contributed by atoms with van der Waals surface area (Å²) in [4.78, 5) is 0. The first-order chi connectivity index (χ1) is 3.65. The van der Waals surface area contributed by atoms with Crippen molar-refractivity contribution in [3.8, 4) is 0 Å². The quantitative estimate of drug-likeness (QED) is 0.685. The average Bonchev–Trinajstić information content (AvgIpc) is 1.65. The van der Waals surface area contributed by atoms with Gasteiger partial charge in [0.05, 0.1) is 6.61 Å². The molecule has 0 fully saturated rings. The summed E-state index contributed by atoms with van der Waals surface area (Å²) < 4.78 is 0. The van der Waals surface area contributed by atoms with Crippen LogP contribution in [0.3, 0.4) is 0 Å². The molecule has 0 aromatic heterocycles. The second kappa shape index (κ2) is 11.8. The molecule has 1 N–H and O–H groups in total. The SMILES string of the molecule is C=CCO.[Br][Zr]([Br])[Br]. The van der Waals surface area contributed by atoms with E-state index in [2.05, 4.69) is 43.2 Å². The van der Waals surface area contributed by atoms with Gasteiger partial charge >= 0.3 is 51.4 Å². The Kier molecular flexibility index (Phi) is 18.7. The van der Waals surface area contributed by atoms with E-state index in [1.54, 1.807) is 0 Å². The molecule has 0 atom stereocenters. The van der Waals surface area contributed by atoms with E-state index >= 15 is 0 Å². The number of rotatable bonds is 1. The van der Waals surface area contributed by atoms with Gasteiger partial charge in [0.15, 0.2) is 0 Å². The number of aliphatic hydroxyl groups is 1. The van der Waals surface area contributed by atoms with E-state index in [-0.39, 0.29) is 6.61 Å². The van der Waals surface area contributed by atoms with Crippen molar-refractivity contribution in [2.45, 2.75) is 0 Å². The molecule has 0 bridgehead atoms. The van der Waals surface area contributed by atoms with Crippen LogP contribution in [0.1, 0.15) is 0 Å². The first-order valence-electron chi connectivity index (χ1n) is 1.70. The summed E-state index contributed by atoms with van der Waals surface area (Å²) in [6.45, 7) is 3.31. The molecule has 0 unspecified atom stereocenters. The van der Waals surface area contributed by atoms with Crippen molar-refractivity contribution in [1.82, 2.24) is 0 Å². The van der Waals surface area contributed by atoms with Gasteiger partial charge in [-0.2, -0.15) is 0 Å². The molecule has 0 aliphatic heterocycles. The second-order valence-electron chi connectivity index (χ2n) is 0.686. The van der Waals surface area contributed by atoms with Gasteiger partial charge in [-0.3, -0.25) is 0 Å². The summed E-state index contributed by atoms with van der Waals surface area (Å²) in [7, 11) is 0. The molecule has 0 amide bonds. The van der Waals surface area contributed by atoms with Gasteiger partial charge in [0.1, 0.15) is 0 Å². The Balaban J connectivity index is 0. The maximum absolute atomic E-state index is 7.76. The fourth-order valence-electron chi connectivity index (χ4n) is 0. The molecule has 49 valence electrons. The van der Waals surface area contributed by atoms with Gasteiger partial charge in [-0.25, -0.2) is 0 Å². The van der Waals surface area contributed by atoms with Gasteiger partial charge in [-0.1, -0.05) is 6.08 Å². The molecule has 8 heavy (non-hydrogen) atoms. The average molecular weight is 389 g/mol. The summed E-state index contributed by atoms with van der Waals surface area (Å²) in [5.74, 6) is 0. The normalized spacial score (nSPS) is 6.50. The fraction of sp³-hybridized carbons (Fsp3) is 0.333. The molecular weight excluding hydrogens is 383 g/mol. The molecule has 0 heterocycles. The Morgan fingerprint density at radius 3 is 1.62 bits per heavy atom. The molecule has 0 aliphatic carbocycles. The molecule has 5 heteroatoms. The first-order valence-corrected chi connectivity index (χ1v) is 18.6. The van der Waals surface area contributed by atoms with Crippen LogP contribution < -0.4 is 0 Å². The van der Waals surface area contributed by atoms with E-state index < -0.39 is 14.7 Å².